The first-order valence-electron chi connectivity index (χ1n) is 6.49. The Balaban J connectivity index is 2.18. The van der Waals surface area contributed by atoms with Crippen LogP contribution in [-0.4, -0.2) is 19.0 Å². The van der Waals surface area contributed by atoms with Crippen molar-refractivity contribution in [3.63, 3.8) is 0 Å². The zero-order valence-corrected chi connectivity index (χ0v) is 11.9. The molecule has 4 nitrogen and oxygen atoms in total. The molecule has 0 saturated heterocycles. The van der Waals surface area contributed by atoms with E-state index in [1.54, 1.807) is 37.3 Å². The van der Waals surface area contributed by atoms with E-state index in [9.17, 15) is 4.79 Å². The second-order valence-electron chi connectivity index (χ2n) is 4.47. The Labute approximate surface area is 123 Å². The van der Waals surface area contributed by atoms with Crippen molar-refractivity contribution in [2.45, 2.75) is 13.0 Å². The van der Waals surface area contributed by atoms with Crippen molar-refractivity contribution >= 4 is 5.78 Å². The van der Waals surface area contributed by atoms with Crippen molar-refractivity contribution in [3.05, 3.63) is 59.7 Å². The molecule has 0 spiro atoms. The van der Waals surface area contributed by atoms with E-state index in [2.05, 4.69) is 0 Å². The molecule has 2 aromatic carbocycles. The van der Waals surface area contributed by atoms with Crippen LogP contribution in [0.25, 0.3) is 0 Å². The highest BCUT2D eigenvalue weighted by atomic mass is 16.5. The van der Waals surface area contributed by atoms with Gasteiger partial charge in [0.05, 0.1) is 18.7 Å². The molecule has 0 aliphatic rings. The number of carbonyl (C=O) groups is 1. The highest BCUT2D eigenvalue weighted by Crippen LogP contribution is 2.29. The lowest BCUT2D eigenvalue weighted by Crippen LogP contribution is -2.24. The number of rotatable bonds is 5. The number of ether oxygens (including phenoxy) is 2. The molecule has 0 aromatic heterocycles. The van der Waals surface area contributed by atoms with Crippen LogP contribution in [0.4, 0.5) is 0 Å². The largest absolute Gasteiger partial charge is 0.493 e. The van der Waals surface area contributed by atoms with Crippen LogP contribution in [0.1, 0.15) is 22.8 Å². The molecule has 1 unspecified atom stereocenters. The third-order valence-corrected chi connectivity index (χ3v) is 3.02. The minimum absolute atomic E-state index is 0.109. The lowest BCUT2D eigenvalue weighted by atomic mass is 10.1. The van der Waals surface area contributed by atoms with E-state index < -0.39 is 6.10 Å². The van der Waals surface area contributed by atoms with Gasteiger partial charge in [-0.2, -0.15) is 5.26 Å². The van der Waals surface area contributed by atoms with Gasteiger partial charge >= 0.3 is 0 Å². The van der Waals surface area contributed by atoms with E-state index in [1.807, 2.05) is 24.3 Å². The molecule has 106 valence electrons. The Morgan fingerprint density at radius 2 is 1.86 bits per heavy atom. The predicted molar refractivity (Wildman–Crippen MR) is 78.6 cm³/mol. The summed E-state index contributed by atoms with van der Waals surface area (Å²) in [4.78, 5) is 12.3. The number of hydrogen-bond acceptors (Lipinski definition) is 4. The van der Waals surface area contributed by atoms with Gasteiger partial charge in [0.25, 0.3) is 0 Å². The Bertz CT molecular complexity index is 674. The standard InChI is InChI=1S/C17H15NO3/c1-12(17(19)14-6-4-3-5-7-14)21-15-9-8-13(11-18)10-16(15)20-2/h3-10,12H,1-2H3. The van der Waals surface area contributed by atoms with E-state index in [-0.39, 0.29) is 5.78 Å². The van der Waals surface area contributed by atoms with Crippen LogP contribution < -0.4 is 9.47 Å². The lowest BCUT2D eigenvalue weighted by molar-refractivity contribution is 0.0814. The van der Waals surface area contributed by atoms with Gasteiger partial charge in [0, 0.05) is 11.6 Å². The van der Waals surface area contributed by atoms with Crippen LogP contribution in [0.15, 0.2) is 48.5 Å². The Morgan fingerprint density at radius 3 is 2.48 bits per heavy atom. The summed E-state index contributed by atoms with van der Waals surface area (Å²) < 4.78 is 10.9. The summed E-state index contributed by atoms with van der Waals surface area (Å²) in [7, 11) is 1.49. The topological polar surface area (TPSA) is 59.3 Å². The number of benzene rings is 2. The highest BCUT2D eigenvalue weighted by molar-refractivity contribution is 5.99. The molecule has 0 radical (unpaired) electrons. The number of methoxy groups -OCH3 is 1. The molecule has 1 atom stereocenters. The molecule has 0 saturated carbocycles. The van der Waals surface area contributed by atoms with Crippen LogP contribution in [0, 0.1) is 11.3 Å². The SMILES string of the molecule is COc1cc(C#N)ccc1OC(C)C(=O)c1ccccc1. The number of Topliss-reactive ketones (excluding diaryl/α,β-unsaturated/α-hetero) is 1. The molecule has 0 aliphatic carbocycles. The van der Waals surface area contributed by atoms with E-state index >= 15 is 0 Å². The maximum atomic E-state index is 12.3. The van der Waals surface area contributed by atoms with Gasteiger partial charge in [0.1, 0.15) is 0 Å². The third kappa shape index (κ3) is 3.40. The first kappa shape index (κ1) is 14.6. The van der Waals surface area contributed by atoms with Crippen molar-refractivity contribution in [3.8, 4) is 17.6 Å². The van der Waals surface area contributed by atoms with Gasteiger partial charge in [-0.3, -0.25) is 4.79 Å². The van der Waals surface area contributed by atoms with Crippen molar-refractivity contribution in [2.75, 3.05) is 7.11 Å². The van der Waals surface area contributed by atoms with E-state index in [1.165, 1.54) is 7.11 Å². The minimum atomic E-state index is -0.644. The van der Waals surface area contributed by atoms with Gasteiger partial charge in [-0.15, -0.1) is 0 Å². The third-order valence-electron chi connectivity index (χ3n) is 3.02. The van der Waals surface area contributed by atoms with Crippen LogP contribution >= 0.6 is 0 Å². The van der Waals surface area contributed by atoms with Crippen LogP contribution in [0.3, 0.4) is 0 Å². The van der Waals surface area contributed by atoms with Crippen LogP contribution in [-0.2, 0) is 0 Å². The van der Waals surface area contributed by atoms with Gasteiger partial charge in [-0.05, 0) is 19.1 Å². The van der Waals surface area contributed by atoms with E-state index in [0.29, 0.717) is 22.6 Å². The predicted octanol–water partition coefficient (Wildman–Crippen LogP) is 3.22. The quantitative estimate of drug-likeness (QED) is 0.789. The fraction of sp³-hybridized carbons (Fsp3) is 0.176. The van der Waals surface area contributed by atoms with Crippen molar-refractivity contribution in [1.82, 2.24) is 0 Å². The minimum Gasteiger partial charge on any atom is -0.493 e. The van der Waals surface area contributed by atoms with E-state index in [4.69, 9.17) is 14.7 Å². The van der Waals surface area contributed by atoms with Crippen LogP contribution in [0.5, 0.6) is 11.5 Å². The molecule has 2 aromatic rings. The van der Waals surface area contributed by atoms with Crippen molar-refractivity contribution in [1.29, 1.82) is 5.26 Å². The second-order valence-corrected chi connectivity index (χ2v) is 4.47. The maximum Gasteiger partial charge on any atom is 0.202 e. The van der Waals surface area contributed by atoms with Gasteiger partial charge in [-0.25, -0.2) is 0 Å². The highest BCUT2D eigenvalue weighted by Gasteiger charge is 2.18. The summed E-state index contributed by atoms with van der Waals surface area (Å²) in [6.07, 6.45) is -0.644. The molecule has 21 heavy (non-hydrogen) atoms. The Kier molecular flexibility index (Phi) is 4.57. The molecule has 2 rings (SSSR count). The zero-order chi connectivity index (χ0) is 15.2. The maximum absolute atomic E-state index is 12.3. The number of nitrogens with zero attached hydrogens (tertiary/aromatic N) is 1. The summed E-state index contributed by atoms with van der Waals surface area (Å²) in [5.74, 6) is 0.761. The van der Waals surface area contributed by atoms with Crippen molar-refractivity contribution in [2.24, 2.45) is 0 Å². The summed E-state index contributed by atoms with van der Waals surface area (Å²) >= 11 is 0. The van der Waals surface area contributed by atoms with E-state index in [0.717, 1.165) is 0 Å². The van der Waals surface area contributed by atoms with Gasteiger partial charge < -0.3 is 9.47 Å². The monoisotopic (exact) mass is 281 g/mol. The van der Waals surface area contributed by atoms with Gasteiger partial charge in [-0.1, -0.05) is 30.3 Å². The van der Waals surface area contributed by atoms with Gasteiger partial charge in [0.2, 0.25) is 5.78 Å². The number of ketones is 1. The first-order chi connectivity index (χ1) is 10.2. The normalized spacial score (nSPS) is 11.3. The van der Waals surface area contributed by atoms with Gasteiger partial charge in [0.15, 0.2) is 17.6 Å². The fourth-order valence-corrected chi connectivity index (χ4v) is 1.92. The fourth-order valence-electron chi connectivity index (χ4n) is 1.92. The smallest absolute Gasteiger partial charge is 0.202 e. The van der Waals surface area contributed by atoms with Crippen molar-refractivity contribution < 1.29 is 14.3 Å². The molecule has 0 fully saturated rings. The Hall–Kier alpha value is -2.80. The molecule has 0 N–H and O–H groups in total. The molecule has 0 amide bonds. The summed E-state index contributed by atoms with van der Waals surface area (Å²) in [5, 5.41) is 8.87. The zero-order valence-electron chi connectivity index (χ0n) is 11.9. The Morgan fingerprint density at radius 1 is 1.14 bits per heavy atom. The second kappa shape index (κ2) is 6.58. The molecule has 4 heteroatoms. The summed E-state index contributed by atoms with van der Waals surface area (Å²) in [6.45, 7) is 1.69. The number of carbonyl (C=O) groups excluding carboxylic acids is 1. The average Bonchev–Trinajstić information content (AvgIpc) is 2.55. The average molecular weight is 281 g/mol. The lowest BCUT2D eigenvalue weighted by Gasteiger charge is -2.16. The number of nitriles is 1. The van der Waals surface area contributed by atoms with Crippen LogP contribution in [0.2, 0.25) is 0 Å². The molecule has 0 bridgehead atoms. The molecular formula is C17H15NO3. The number of hydrogen-bond donors (Lipinski definition) is 0. The molecule has 0 aliphatic heterocycles. The summed E-state index contributed by atoms with van der Waals surface area (Å²) in [5.41, 5.74) is 1.07. The molecular weight excluding hydrogens is 266 g/mol. The summed E-state index contributed by atoms with van der Waals surface area (Å²) in [6, 6.07) is 15.8. The first-order valence-corrected chi connectivity index (χ1v) is 6.49. The molecule has 0 heterocycles.